The molecule has 6 atom stereocenters. The van der Waals surface area contributed by atoms with Crippen molar-refractivity contribution in [2.24, 2.45) is 11.8 Å². The van der Waals surface area contributed by atoms with Crippen molar-refractivity contribution in [3.63, 3.8) is 0 Å². The molecule has 0 unspecified atom stereocenters. The Morgan fingerprint density at radius 2 is 2.22 bits per heavy atom. The quantitative estimate of drug-likeness (QED) is 0.590. The maximum atomic E-state index is 11.9. The molecule has 0 radical (unpaired) electrons. The van der Waals surface area contributed by atoms with Gasteiger partial charge in [-0.1, -0.05) is 17.7 Å². The summed E-state index contributed by atoms with van der Waals surface area (Å²) in [5, 5.41) is 10.4. The number of rotatable bonds is 1. The van der Waals surface area contributed by atoms with E-state index in [1.165, 1.54) is 18.6 Å². The predicted octanol–water partition coefficient (Wildman–Crippen LogP) is 1.94. The summed E-state index contributed by atoms with van der Waals surface area (Å²) in [4.78, 5) is 23.5. The lowest BCUT2D eigenvalue weighted by Crippen LogP contribution is -2.48. The van der Waals surface area contributed by atoms with Gasteiger partial charge in [0.15, 0.2) is 5.78 Å². The lowest BCUT2D eigenvalue weighted by Gasteiger charge is -2.38. The Balaban J connectivity index is 2.02. The van der Waals surface area contributed by atoms with Crippen LogP contribution >= 0.6 is 0 Å². The summed E-state index contributed by atoms with van der Waals surface area (Å²) in [6, 6.07) is 0. The first-order chi connectivity index (χ1) is 10.8. The van der Waals surface area contributed by atoms with Crippen LogP contribution in [0.3, 0.4) is 0 Å². The second-order valence-corrected chi connectivity index (χ2v) is 7.16. The molecule has 126 valence electrons. The molecule has 2 heterocycles. The maximum absolute atomic E-state index is 11.9. The van der Waals surface area contributed by atoms with Crippen molar-refractivity contribution in [3.05, 3.63) is 23.8 Å². The highest BCUT2D eigenvalue weighted by Crippen LogP contribution is 2.47. The zero-order valence-electron chi connectivity index (χ0n) is 13.8. The number of carbonyl (C=O) groups is 2. The minimum Gasteiger partial charge on any atom is -0.457 e. The molecule has 0 aromatic carbocycles. The number of allylic oxidation sites excluding steroid dienone is 1. The van der Waals surface area contributed by atoms with Gasteiger partial charge in [0.05, 0.1) is 6.10 Å². The first-order valence-corrected chi connectivity index (χ1v) is 8.22. The van der Waals surface area contributed by atoms with Crippen LogP contribution in [-0.2, 0) is 19.1 Å². The molecule has 0 saturated carbocycles. The minimum atomic E-state index is -1.05. The Morgan fingerprint density at radius 1 is 1.48 bits per heavy atom. The largest absolute Gasteiger partial charge is 0.457 e. The van der Waals surface area contributed by atoms with E-state index in [9.17, 15) is 14.7 Å². The molecule has 0 aromatic heterocycles. The fourth-order valence-electron chi connectivity index (χ4n) is 4.28. The highest BCUT2D eigenvalue weighted by atomic mass is 16.6. The number of aliphatic hydroxyl groups excluding tert-OH is 1. The van der Waals surface area contributed by atoms with Crippen LogP contribution in [0.5, 0.6) is 0 Å². The van der Waals surface area contributed by atoms with E-state index in [0.29, 0.717) is 12.8 Å². The zero-order chi connectivity index (χ0) is 16.8. The van der Waals surface area contributed by atoms with E-state index in [4.69, 9.17) is 9.47 Å². The van der Waals surface area contributed by atoms with Crippen molar-refractivity contribution in [2.75, 3.05) is 0 Å². The number of ketones is 1. The summed E-state index contributed by atoms with van der Waals surface area (Å²) < 4.78 is 11.9. The molecule has 3 rings (SSSR count). The van der Waals surface area contributed by atoms with Gasteiger partial charge in [0.1, 0.15) is 17.8 Å². The van der Waals surface area contributed by atoms with E-state index in [1.807, 2.05) is 19.9 Å². The number of esters is 1. The Kier molecular flexibility index (Phi) is 4.19. The molecule has 2 aliphatic heterocycles. The molecular weight excluding hydrogens is 296 g/mol. The number of hydrogen-bond donors (Lipinski definition) is 1. The summed E-state index contributed by atoms with van der Waals surface area (Å²) in [6.45, 7) is 5.33. The molecule has 1 aliphatic carbocycles. The average molecular weight is 320 g/mol. The summed E-state index contributed by atoms with van der Waals surface area (Å²) in [5.41, 5.74) is 0.408. The average Bonchev–Trinajstić information content (AvgIpc) is 2.83. The van der Waals surface area contributed by atoms with Gasteiger partial charge in [-0.15, -0.1) is 0 Å². The van der Waals surface area contributed by atoms with Gasteiger partial charge in [0, 0.05) is 18.8 Å². The van der Waals surface area contributed by atoms with Crippen LogP contribution < -0.4 is 0 Å². The number of ether oxygens (including phenoxy) is 2. The van der Waals surface area contributed by atoms with E-state index in [-0.39, 0.29) is 35.8 Å². The SMILES string of the molecule is CC(=O)O[C@]1(C)CC/C=C(/C)C[C@H]2O[C@@H]1[C@@H]1C=CC(=O)[C@@H](O)[C@@H]12. The highest BCUT2D eigenvalue weighted by molar-refractivity contribution is 5.94. The van der Waals surface area contributed by atoms with Gasteiger partial charge < -0.3 is 14.6 Å². The van der Waals surface area contributed by atoms with Gasteiger partial charge in [0.25, 0.3) is 0 Å². The van der Waals surface area contributed by atoms with Crippen LogP contribution in [0.2, 0.25) is 0 Å². The van der Waals surface area contributed by atoms with E-state index in [2.05, 4.69) is 6.08 Å². The molecule has 0 spiro atoms. The molecule has 23 heavy (non-hydrogen) atoms. The summed E-state index contributed by atoms with van der Waals surface area (Å²) in [6.07, 6.45) is 5.92. The standard InChI is InChI=1S/C18H24O5/c1-10-5-4-8-18(3,23-11(2)19)17-12-6-7-13(20)16(21)15(12)14(9-10)22-17/h5-7,12,14-17,21H,4,8-9H2,1-3H3/b10-5-/t12-,14-,15+,16-,17-,18-/m1/s1. The molecule has 5 nitrogen and oxygen atoms in total. The Labute approximate surface area is 136 Å². The van der Waals surface area contributed by atoms with Gasteiger partial charge in [0.2, 0.25) is 0 Å². The lowest BCUT2D eigenvalue weighted by molar-refractivity contribution is -0.175. The molecule has 0 amide bonds. The normalized spacial score (nSPS) is 45.3. The van der Waals surface area contributed by atoms with Gasteiger partial charge in [-0.2, -0.15) is 0 Å². The summed E-state index contributed by atoms with van der Waals surface area (Å²) >= 11 is 0. The van der Waals surface area contributed by atoms with E-state index in [1.54, 1.807) is 0 Å². The van der Waals surface area contributed by atoms with Crippen LogP contribution in [0.4, 0.5) is 0 Å². The zero-order valence-corrected chi connectivity index (χ0v) is 13.8. The van der Waals surface area contributed by atoms with E-state index in [0.717, 1.165) is 6.42 Å². The molecule has 0 aromatic rings. The summed E-state index contributed by atoms with van der Waals surface area (Å²) in [7, 11) is 0. The Morgan fingerprint density at radius 3 is 2.91 bits per heavy atom. The third kappa shape index (κ3) is 2.88. The highest BCUT2D eigenvalue weighted by Gasteiger charge is 2.56. The Bertz CT molecular complexity index is 578. The molecular formula is C18H24O5. The second kappa shape index (κ2) is 5.87. The second-order valence-electron chi connectivity index (χ2n) is 7.16. The van der Waals surface area contributed by atoms with Crippen molar-refractivity contribution < 1.29 is 24.2 Å². The number of aliphatic hydroxyl groups is 1. The Hall–Kier alpha value is -1.46. The fraction of sp³-hybridized carbons (Fsp3) is 0.667. The van der Waals surface area contributed by atoms with Crippen LogP contribution in [0.15, 0.2) is 23.8 Å². The topological polar surface area (TPSA) is 72.8 Å². The van der Waals surface area contributed by atoms with Gasteiger partial charge in [-0.25, -0.2) is 0 Å². The van der Waals surface area contributed by atoms with Gasteiger partial charge in [-0.05, 0) is 39.2 Å². The van der Waals surface area contributed by atoms with Crippen molar-refractivity contribution in [1.82, 2.24) is 0 Å². The van der Waals surface area contributed by atoms with Crippen molar-refractivity contribution in [1.29, 1.82) is 0 Å². The number of fused-ring (bicyclic) bond motifs is 5. The van der Waals surface area contributed by atoms with Crippen molar-refractivity contribution in [2.45, 2.75) is 63.9 Å². The first kappa shape index (κ1) is 16.4. The first-order valence-electron chi connectivity index (χ1n) is 8.22. The van der Waals surface area contributed by atoms with Crippen LogP contribution in [-0.4, -0.2) is 40.8 Å². The molecule has 1 saturated heterocycles. The molecule has 1 N–H and O–H groups in total. The lowest BCUT2D eigenvalue weighted by atomic mass is 9.72. The van der Waals surface area contributed by atoms with E-state index < -0.39 is 11.7 Å². The van der Waals surface area contributed by atoms with Crippen LogP contribution in [0.1, 0.15) is 40.0 Å². The minimum absolute atomic E-state index is 0.122. The van der Waals surface area contributed by atoms with Crippen LogP contribution in [0, 0.1) is 11.8 Å². The molecule has 3 aliphatic rings. The smallest absolute Gasteiger partial charge is 0.303 e. The molecule has 2 bridgehead atoms. The predicted molar refractivity (Wildman–Crippen MR) is 83.6 cm³/mol. The number of hydrogen-bond acceptors (Lipinski definition) is 5. The third-order valence-corrected chi connectivity index (χ3v) is 5.32. The molecule has 5 heteroatoms. The van der Waals surface area contributed by atoms with E-state index >= 15 is 0 Å². The summed E-state index contributed by atoms with van der Waals surface area (Å²) in [5.74, 6) is -1.02. The third-order valence-electron chi connectivity index (χ3n) is 5.32. The van der Waals surface area contributed by atoms with Crippen molar-refractivity contribution in [3.8, 4) is 0 Å². The van der Waals surface area contributed by atoms with Crippen molar-refractivity contribution >= 4 is 11.8 Å². The van der Waals surface area contributed by atoms with Gasteiger partial charge in [-0.3, -0.25) is 9.59 Å². The van der Waals surface area contributed by atoms with Gasteiger partial charge >= 0.3 is 5.97 Å². The molecule has 1 fully saturated rings. The monoisotopic (exact) mass is 320 g/mol. The fourth-order valence-corrected chi connectivity index (χ4v) is 4.28. The number of carbonyl (C=O) groups excluding carboxylic acids is 2. The van der Waals surface area contributed by atoms with Crippen LogP contribution in [0.25, 0.3) is 0 Å². The maximum Gasteiger partial charge on any atom is 0.303 e.